The second kappa shape index (κ2) is 6.29. The third kappa shape index (κ3) is 2.98. The van der Waals surface area contributed by atoms with Crippen LogP contribution in [0.1, 0.15) is 33.1 Å². The molecule has 2 heterocycles. The van der Waals surface area contributed by atoms with E-state index in [1.165, 1.54) is 5.69 Å². The van der Waals surface area contributed by atoms with E-state index in [0.29, 0.717) is 18.2 Å². The van der Waals surface area contributed by atoms with Crippen molar-refractivity contribution in [2.75, 3.05) is 31.2 Å². The number of anilines is 1. The van der Waals surface area contributed by atoms with Crippen molar-refractivity contribution in [1.29, 1.82) is 0 Å². The lowest BCUT2D eigenvalue weighted by Gasteiger charge is -2.45. The van der Waals surface area contributed by atoms with Crippen LogP contribution in [0.5, 0.6) is 0 Å². The van der Waals surface area contributed by atoms with Crippen LogP contribution >= 0.6 is 0 Å². The van der Waals surface area contributed by atoms with Gasteiger partial charge in [-0.15, -0.1) is 0 Å². The molecule has 22 heavy (non-hydrogen) atoms. The van der Waals surface area contributed by atoms with Crippen LogP contribution < -0.4 is 10.2 Å². The Kier molecular flexibility index (Phi) is 4.39. The molecule has 4 nitrogen and oxygen atoms in total. The van der Waals surface area contributed by atoms with Crippen LogP contribution in [-0.2, 0) is 4.79 Å². The maximum atomic E-state index is 12.3. The Bertz CT molecular complexity index is 506. The molecule has 2 aliphatic heterocycles. The summed E-state index contributed by atoms with van der Waals surface area (Å²) in [6, 6.07) is 10.6. The second-order valence-corrected chi connectivity index (χ2v) is 7.05. The largest absolute Gasteiger partial charge is 0.352 e. The maximum Gasteiger partial charge on any atom is 0.222 e. The van der Waals surface area contributed by atoms with Crippen LogP contribution in [0.2, 0.25) is 0 Å². The topological polar surface area (TPSA) is 35.6 Å². The minimum Gasteiger partial charge on any atom is -0.352 e. The molecule has 0 aromatic heterocycles. The van der Waals surface area contributed by atoms with Crippen molar-refractivity contribution < 1.29 is 4.79 Å². The Morgan fingerprint density at radius 2 is 1.91 bits per heavy atom. The molecular weight excluding hydrogens is 274 g/mol. The molecule has 2 saturated heterocycles. The number of hydrogen-bond acceptors (Lipinski definition) is 3. The summed E-state index contributed by atoms with van der Waals surface area (Å²) in [6.45, 7) is 7.92. The number of piperidine rings is 1. The molecule has 2 aliphatic rings. The highest BCUT2D eigenvalue weighted by atomic mass is 16.2. The zero-order chi connectivity index (χ0) is 15.6. The number of hydrogen-bond donors (Lipinski definition) is 1. The molecule has 0 radical (unpaired) electrons. The van der Waals surface area contributed by atoms with Crippen molar-refractivity contribution in [1.82, 2.24) is 10.2 Å². The highest BCUT2D eigenvalue weighted by Crippen LogP contribution is 2.35. The zero-order valence-electron chi connectivity index (χ0n) is 13.7. The van der Waals surface area contributed by atoms with E-state index in [1.807, 2.05) is 0 Å². The Labute approximate surface area is 133 Å². The fraction of sp³-hybridized carbons (Fsp3) is 0.611. The van der Waals surface area contributed by atoms with Gasteiger partial charge in [0.15, 0.2) is 0 Å². The van der Waals surface area contributed by atoms with Crippen LogP contribution in [0.3, 0.4) is 0 Å². The molecule has 0 atom stereocenters. The first-order valence-corrected chi connectivity index (χ1v) is 8.42. The minimum atomic E-state index is 0.177. The number of benzene rings is 1. The lowest BCUT2D eigenvalue weighted by Crippen LogP contribution is -2.55. The average Bonchev–Trinajstić information content (AvgIpc) is 2.91. The first-order valence-electron chi connectivity index (χ1n) is 8.42. The summed E-state index contributed by atoms with van der Waals surface area (Å²) < 4.78 is 0. The van der Waals surface area contributed by atoms with Gasteiger partial charge in [0.05, 0.1) is 12.2 Å². The van der Waals surface area contributed by atoms with E-state index >= 15 is 0 Å². The molecule has 1 aromatic rings. The van der Waals surface area contributed by atoms with Gasteiger partial charge in [-0.2, -0.15) is 0 Å². The fourth-order valence-electron chi connectivity index (χ4n) is 3.73. The molecule has 1 amide bonds. The van der Waals surface area contributed by atoms with E-state index in [-0.39, 0.29) is 5.54 Å². The van der Waals surface area contributed by atoms with E-state index in [4.69, 9.17) is 0 Å². The minimum absolute atomic E-state index is 0.177. The summed E-state index contributed by atoms with van der Waals surface area (Å²) in [7, 11) is 0. The summed E-state index contributed by atoms with van der Waals surface area (Å²) in [5.41, 5.74) is 1.46. The Morgan fingerprint density at radius 1 is 1.23 bits per heavy atom. The molecule has 0 unspecified atom stereocenters. The predicted octanol–water partition coefficient (Wildman–Crippen LogP) is 2.46. The number of carbonyl (C=O) groups is 1. The summed E-state index contributed by atoms with van der Waals surface area (Å²) in [5, 5.41) is 3.53. The van der Waals surface area contributed by atoms with E-state index in [2.05, 4.69) is 59.3 Å². The van der Waals surface area contributed by atoms with Crippen molar-refractivity contribution in [3.8, 4) is 0 Å². The number of nitrogens with zero attached hydrogens (tertiary/aromatic N) is 2. The van der Waals surface area contributed by atoms with Gasteiger partial charge in [-0.3, -0.25) is 10.1 Å². The predicted molar refractivity (Wildman–Crippen MR) is 89.8 cm³/mol. The van der Waals surface area contributed by atoms with Gasteiger partial charge in [-0.1, -0.05) is 32.0 Å². The Balaban J connectivity index is 1.67. The lowest BCUT2D eigenvalue weighted by molar-refractivity contribution is -0.133. The Hall–Kier alpha value is -1.55. The Morgan fingerprint density at radius 3 is 2.55 bits per heavy atom. The molecule has 0 bridgehead atoms. The number of nitrogens with one attached hydrogen (secondary N) is 1. The highest BCUT2D eigenvalue weighted by Gasteiger charge is 2.43. The molecular formula is C18H27N3O. The van der Waals surface area contributed by atoms with Gasteiger partial charge in [0.2, 0.25) is 5.91 Å². The number of rotatable bonds is 3. The third-order valence-corrected chi connectivity index (χ3v) is 4.99. The summed E-state index contributed by atoms with van der Waals surface area (Å²) >= 11 is 0. The first kappa shape index (κ1) is 15.3. The normalized spacial score (nSPS) is 20.9. The average molecular weight is 301 g/mol. The first-order chi connectivity index (χ1) is 10.6. The smallest absolute Gasteiger partial charge is 0.222 e. The molecule has 1 aromatic carbocycles. The molecule has 0 aliphatic carbocycles. The van der Waals surface area contributed by atoms with Gasteiger partial charge in [0, 0.05) is 31.7 Å². The van der Waals surface area contributed by atoms with E-state index < -0.39 is 0 Å². The van der Waals surface area contributed by atoms with Crippen LogP contribution in [-0.4, -0.2) is 42.6 Å². The van der Waals surface area contributed by atoms with Crippen molar-refractivity contribution >= 4 is 11.6 Å². The molecule has 1 N–H and O–H groups in total. The fourth-order valence-corrected chi connectivity index (χ4v) is 3.73. The lowest BCUT2D eigenvalue weighted by atomic mass is 9.86. The van der Waals surface area contributed by atoms with Gasteiger partial charge < -0.3 is 9.80 Å². The molecule has 1 spiro atoms. The number of carbonyl (C=O) groups excluding carboxylic acids is 1. The molecule has 0 saturated carbocycles. The molecule has 120 valence electrons. The quantitative estimate of drug-likeness (QED) is 0.931. The van der Waals surface area contributed by atoms with Crippen LogP contribution in [0, 0.1) is 5.92 Å². The number of likely N-dealkylation sites (tertiary alicyclic amines) is 1. The molecule has 4 heteroatoms. The highest BCUT2D eigenvalue weighted by molar-refractivity contribution is 5.76. The van der Waals surface area contributed by atoms with Crippen LogP contribution in [0.15, 0.2) is 30.3 Å². The van der Waals surface area contributed by atoms with Crippen LogP contribution in [0.4, 0.5) is 5.69 Å². The SMILES string of the molecule is CC(C)CC(=O)N1CCC2(CC1)CNCN2c1ccccc1. The van der Waals surface area contributed by atoms with Crippen molar-refractivity contribution in [2.45, 2.75) is 38.6 Å². The maximum absolute atomic E-state index is 12.3. The van der Waals surface area contributed by atoms with Gasteiger partial charge in [-0.25, -0.2) is 0 Å². The summed E-state index contributed by atoms with van der Waals surface area (Å²) in [4.78, 5) is 16.8. The summed E-state index contributed by atoms with van der Waals surface area (Å²) in [5.74, 6) is 0.763. The zero-order valence-corrected chi connectivity index (χ0v) is 13.7. The monoisotopic (exact) mass is 301 g/mol. The standard InChI is InChI=1S/C18H27N3O/c1-15(2)12-17(22)20-10-8-18(9-11-20)13-19-14-21(18)16-6-4-3-5-7-16/h3-7,15,19H,8-14H2,1-2H3. The van der Waals surface area contributed by atoms with E-state index in [0.717, 1.165) is 39.1 Å². The number of para-hydroxylation sites is 1. The van der Waals surface area contributed by atoms with Crippen molar-refractivity contribution in [3.05, 3.63) is 30.3 Å². The number of amides is 1. The van der Waals surface area contributed by atoms with Gasteiger partial charge >= 0.3 is 0 Å². The third-order valence-electron chi connectivity index (χ3n) is 4.99. The van der Waals surface area contributed by atoms with Gasteiger partial charge in [0.1, 0.15) is 0 Å². The van der Waals surface area contributed by atoms with Gasteiger partial charge in [0.25, 0.3) is 0 Å². The van der Waals surface area contributed by atoms with Crippen molar-refractivity contribution in [2.24, 2.45) is 5.92 Å². The summed E-state index contributed by atoms with van der Waals surface area (Å²) in [6.07, 6.45) is 2.78. The molecule has 3 rings (SSSR count). The van der Waals surface area contributed by atoms with E-state index in [9.17, 15) is 4.79 Å². The van der Waals surface area contributed by atoms with Crippen molar-refractivity contribution in [3.63, 3.8) is 0 Å². The molecule has 2 fully saturated rings. The van der Waals surface area contributed by atoms with Crippen LogP contribution in [0.25, 0.3) is 0 Å². The van der Waals surface area contributed by atoms with E-state index in [1.54, 1.807) is 0 Å². The second-order valence-electron chi connectivity index (χ2n) is 7.05. The van der Waals surface area contributed by atoms with Gasteiger partial charge in [-0.05, 0) is 30.9 Å².